The summed E-state index contributed by atoms with van der Waals surface area (Å²) < 4.78 is 63.8. The monoisotopic (exact) mass is 736 g/mol. The van der Waals surface area contributed by atoms with Crippen LogP contribution in [0.25, 0.3) is 0 Å². The molecule has 2 aliphatic heterocycles. The summed E-state index contributed by atoms with van der Waals surface area (Å²) in [5.41, 5.74) is -0.770. The molecule has 0 spiro atoms. The van der Waals surface area contributed by atoms with Gasteiger partial charge in [-0.15, -0.1) is 0 Å². The number of amides is 4. The highest BCUT2D eigenvalue weighted by Gasteiger charge is 2.44. The molecule has 0 aliphatic carbocycles. The van der Waals surface area contributed by atoms with Crippen molar-refractivity contribution >= 4 is 24.0 Å². The fourth-order valence-corrected chi connectivity index (χ4v) is 6.02. The first kappa shape index (κ1) is 42.1. The third-order valence-corrected chi connectivity index (χ3v) is 8.28. The van der Waals surface area contributed by atoms with E-state index in [9.17, 15) is 47.0 Å². The van der Waals surface area contributed by atoms with Gasteiger partial charge in [-0.25, -0.2) is 37.0 Å². The average molecular weight is 737 g/mol. The highest BCUT2D eigenvalue weighted by Crippen LogP contribution is 2.29. The van der Waals surface area contributed by atoms with E-state index in [-0.39, 0.29) is 19.3 Å². The van der Waals surface area contributed by atoms with Crippen molar-refractivity contribution in [2.45, 2.75) is 117 Å². The summed E-state index contributed by atoms with van der Waals surface area (Å²) in [5.74, 6) is -4.64. The molecule has 0 radical (unpaired) electrons. The van der Waals surface area contributed by atoms with Gasteiger partial charge in [-0.05, 0) is 108 Å². The molecule has 2 aliphatic rings. The van der Waals surface area contributed by atoms with Crippen LogP contribution in [0.4, 0.5) is 27.2 Å². The van der Waals surface area contributed by atoms with Crippen LogP contribution in [0.15, 0.2) is 48.6 Å². The highest BCUT2D eigenvalue weighted by atomic mass is 19.1. The molecule has 14 heteroatoms. The van der Waals surface area contributed by atoms with Gasteiger partial charge in [0, 0.05) is 24.6 Å². The molecule has 4 rings (SSSR count). The molecule has 2 aromatic rings. The Morgan fingerprint density at radius 2 is 1.13 bits per heavy atom. The van der Waals surface area contributed by atoms with Gasteiger partial charge < -0.3 is 19.7 Å². The standard InChI is InChI=1S/C19H25F2NO4.C19H23F2NO4/c2*1-11(7-12-8-13(20)10-14(21)9-12)17(24)15-5-6-16(23)22(15)18(25)26-19(2,3)4/h8-11,15,17,24H,5-7H2,1-4H3;5-6,8-11,15,17,24H,7H2,1-4H3/t2*11-,15+,17-/m00/s1. The van der Waals surface area contributed by atoms with Crippen molar-refractivity contribution in [2.24, 2.45) is 11.8 Å². The van der Waals surface area contributed by atoms with Crippen LogP contribution in [-0.4, -0.2) is 79.5 Å². The van der Waals surface area contributed by atoms with Gasteiger partial charge in [-0.2, -0.15) is 0 Å². The molecule has 1 fully saturated rings. The number of aliphatic hydroxyl groups is 2. The predicted molar refractivity (Wildman–Crippen MR) is 183 cm³/mol. The zero-order valence-corrected chi connectivity index (χ0v) is 30.7. The molecule has 0 aromatic heterocycles. The van der Waals surface area contributed by atoms with Gasteiger partial charge in [0.05, 0.1) is 24.3 Å². The first-order valence-corrected chi connectivity index (χ1v) is 17.0. The maximum absolute atomic E-state index is 13.3. The first-order valence-electron chi connectivity index (χ1n) is 17.0. The summed E-state index contributed by atoms with van der Waals surface area (Å²) >= 11 is 0. The molecular weight excluding hydrogens is 688 g/mol. The molecule has 0 bridgehead atoms. The Morgan fingerprint density at radius 3 is 1.56 bits per heavy atom. The quantitative estimate of drug-likeness (QED) is 0.289. The third kappa shape index (κ3) is 11.9. The maximum atomic E-state index is 13.3. The molecule has 10 nitrogen and oxygen atoms in total. The van der Waals surface area contributed by atoms with Crippen molar-refractivity contribution in [3.8, 4) is 0 Å². The number of aliphatic hydroxyl groups excluding tert-OH is 2. The molecule has 1 saturated heterocycles. The summed E-state index contributed by atoms with van der Waals surface area (Å²) in [6.45, 7) is 13.5. The number of benzene rings is 2. The Morgan fingerprint density at radius 1 is 0.731 bits per heavy atom. The van der Waals surface area contributed by atoms with Crippen LogP contribution in [0.2, 0.25) is 0 Å². The summed E-state index contributed by atoms with van der Waals surface area (Å²) in [7, 11) is 0. The molecule has 4 amide bonds. The number of carbonyl (C=O) groups is 4. The molecule has 2 aromatic carbocycles. The summed E-state index contributed by atoms with van der Waals surface area (Å²) in [6.07, 6.45) is -0.292. The van der Waals surface area contributed by atoms with E-state index < -0.39 is 94.6 Å². The van der Waals surface area contributed by atoms with Gasteiger partial charge in [-0.1, -0.05) is 19.9 Å². The minimum atomic E-state index is -1.11. The van der Waals surface area contributed by atoms with Gasteiger partial charge in [-0.3, -0.25) is 9.59 Å². The number of halogens is 4. The normalized spacial score (nSPS) is 19.9. The van der Waals surface area contributed by atoms with Gasteiger partial charge in [0.1, 0.15) is 34.5 Å². The van der Waals surface area contributed by atoms with E-state index in [1.807, 2.05) is 0 Å². The molecule has 286 valence electrons. The molecule has 52 heavy (non-hydrogen) atoms. The van der Waals surface area contributed by atoms with Crippen LogP contribution >= 0.6 is 0 Å². The number of nitrogens with zero attached hydrogens (tertiary/aromatic N) is 2. The van der Waals surface area contributed by atoms with Crippen molar-refractivity contribution in [3.05, 3.63) is 82.9 Å². The zero-order chi connectivity index (χ0) is 39.3. The van der Waals surface area contributed by atoms with Crippen LogP contribution in [0.5, 0.6) is 0 Å². The molecule has 2 heterocycles. The lowest BCUT2D eigenvalue weighted by Gasteiger charge is -2.32. The van der Waals surface area contributed by atoms with Crippen molar-refractivity contribution in [3.63, 3.8) is 0 Å². The molecule has 2 N–H and O–H groups in total. The first-order chi connectivity index (χ1) is 24.0. The number of hydrogen-bond acceptors (Lipinski definition) is 8. The largest absolute Gasteiger partial charge is 0.443 e. The topological polar surface area (TPSA) is 134 Å². The summed E-state index contributed by atoms with van der Waals surface area (Å²) in [5, 5.41) is 21.3. The molecule has 0 saturated carbocycles. The second kappa shape index (κ2) is 17.0. The fourth-order valence-electron chi connectivity index (χ4n) is 6.02. The fraction of sp³-hybridized carbons (Fsp3) is 0.526. The minimum absolute atomic E-state index is 0.141. The lowest BCUT2D eigenvalue weighted by Crippen LogP contribution is -2.49. The van der Waals surface area contributed by atoms with E-state index >= 15 is 0 Å². The zero-order valence-electron chi connectivity index (χ0n) is 30.7. The van der Waals surface area contributed by atoms with E-state index in [0.29, 0.717) is 17.5 Å². The van der Waals surface area contributed by atoms with Crippen LogP contribution in [0.1, 0.15) is 79.4 Å². The summed E-state index contributed by atoms with van der Waals surface area (Å²) in [6, 6.07) is 4.73. The SMILES string of the molecule is C[C@@H](Cc1cc(F)cc(F)c1)[C@H](O)[C@H]1C=CC(=O)N1C(=O)OC(C)(C)C.C[C@@H](Cc1cc(F)cc(F)c1)[C@H](O)[C@H]1CCC(=O)N1C(=O)OC(C)(C)C. The Bertz CT molecular complexity index is 1590. The number of likely N-dealkylation sites (tertiary alicyclic amines) is 1. The predicted octanol–water partition coefficient (Wildman–Crippen LogP) is 6.64. The number of carbonyl (C=O) groups excluding carboxylic acids is 4. The van der Waals surface area contributed by atoms with E-state index in [1.54, 1.807) is 55.4 Å². The van der Waals surface area contributed by atoms with Crippen molar-refractivity contribution in [2.75, 3.05) is 0 Å². The van der Waals surface area contributed by atoms with E-state index in [4.69, 9.17) is 9.47 Å². The number of ether oxygens (including phenoxy) is 2. The Balaban J connectivity index is 0.000000280. The van der Waals surface area contributed by atoms with Crippen LogP contribution in [0.3, 0.4) is 0 Å². The average Bonchev–Trinajstić information content (AvgIpc) is 3.56. The Labute approximate surface area is 301 Å². The van der Waals surface area contributed by atoms with Gasteiger partial charge >= 0.3 is 12.2 Å². The molecular formula is C38H48F4N2O8. The van der Waals surface area contributed by atoms with Crippen LogP contribution in [-0.2, 0) is 31.9 Å². The lowest BCUT2D eigenvalue weighted by atomic mass is 9.90. The molecule has 6 atom stereocenters. The van der Waals surface area contributed by atoms with Crippen LogP contribution in [0, 0.1) is 35.1 Å². The highest BCUT2D eigenvalue weighted by molar-refractivity contribution is 6.01. The Kier molecular flexibility index (Phi) is 13.8. The number of imide groups is 2. The van der Waals surface area contributed by atoms with Gasteiger partial charge in [0.2, 0.25) is 5.91 Å². The van der Waals surface area contributed by atoms with Crippen molar-refractivity contribution in [1.29, 1.82) is 0 Å². The smallest absolute Gasteiger partial charge is 0.417 e. The summed E-state index contributed by atoms with van der Waals surface area (Å²) in [4.78, 5) is 50.6. The van der Waals surface area contributed by atoms with E-state index in [0.717, 1.165) is 21.9 Å². The number of hydrogen-bond donors (Lipinski definition) is 2. The minimum Gasteiger partial charge on any atom is -0.443 e. The van der Waals surface area contributed by atoms with Gasteiger partial charge in [0.15, 0.2) is 0 Å². The molecule has 0 unspecified atom stereocenters. The maximum Gasteiger partial charge on any atom is 0.417 e. The second-order valence-corrected chi connectivity index (χ2v) is 15.3. The Hall–Kier alpha value is -4.30. The lowest BCUT2D eigenvalue weighted by molar-refractivity contribution is -0.130. The third-order valence-electron chi connectivity index (χ3n) is 8.28. The van der Waals surface area contributed by atoms with E-state index in [2.05, 4.69) is 0 Å². The van der Waals surface area contributed by atoms with E-state index in [1.165, 1.54) is 36.4 Å². The second-order valence-electron chi connectivity index (χ2n) is 15.3. The van der Waals surface area contributed by atoms with Crippen molar-refractivity contribution < 1.29 is 56.4 Å². The van der Waals surface area contributed by atoms with Crippen LogP contribution < -0.4 is 0 Å². The number of rotatable bonds is 8. The van der Waals surface area contributed by atoms with Gasteiger partial charge in [0.25, 0.3) is 5.91 Å². The van der Waals surface area contributed by atoms with Crippen molar-refractivity contribution in [1.82, 2.24) is 9.80 Å².